The molecule has 0 aromatic rings. The third-order valence-corrected chi connectivity index (χ3v) is 2.22. The normalized spacial score (nSPS) is 31.0. The van der Waals surface area contributed by atoms with Gasteiger partial charge < -0.3 is 10.1 Å². The van der Waals surface area contributed by atoms with Crippen LogP contribution in [-0.4, -0.2) is 30.1 Å². The van der Waals surface area contributed by atoms with Crippen LogP contribution in [0.3, 0.4) is 0 Å². The number of rotatable bonds is 3. The molecule has 1 fully saturated rings. The van der Waals surface area contributed by atoms with Crippen LogP contribution in [0.1, 0.15) is 13.3 Å². The standard InChI is InChI=1S/C7H12BrF2NO/c1-5-6(2-3-12-5)11-4-7(8,9)10/h5-6,11H,2-4H2,1H3. The average Bonchev–Trinajstić information content (AvgIpc) is 2.29. The monoisotopic (exact) mass is 243 g/mol. The Morgan fingerprint density at radius 1 is 1.67 bits per heavy atom. The van der Waals surface area contributed by atoms with Gasteiger partial charge in [-0.25, -0.2) is 0 Å². The molecule has 0 spiro atoms. The van der Waals surface area contributed by atoms with Gasteiger partial charge in [-0.05, 0) is 29.3 Å². The molecule has 0 aromatic carbocycles. The second-order valence-electron chi connectivity index (χ2n) is 2.97. The van der Waals surface area contributed by atoms with Crippen LogP contribution in [-0.2, 0) is 4.74 Å². The van der Waals surface area contributed by atoms with Crippen LogP contribution < -0.4 is 5.32 Å². The van der Waals surface area contributed by atoms with Crippen LogP contribution >= 0.6 is 15.9 Å². The Morgan fingerprint density at radius 2 is 2.33 bits per heavy atom. The molecular formula is C7H12BrF2NO. The van der Waals surface area contributed by atoms with Crippen LogP contribution in [0.2, 0.25) is 0 Å². The smallest absolute Gasteiger partial charge is 0.313 e. The van der Waals surface area contributed by atoms with Gasteiger partial charge in [-0.1, -0.05) is 0 Å². The van der Waals surface area contributed by atoms with Crippen molar-refractivity contribution in [1.29, 1.82) is 0 Å². The average molecular weight is 244 g/mol. The lowest BCUT2D eigenvalue weighted by molar-refractivity contribution is 0.0899. The largest absolute Gasteiger partial charge is 0.377 e. The molecule has 1 aliphatic rings. The Bertz CT molecular complexity index is 151. The molecule has 2 nitrogen and oxygen atoms in total. The summed E-state index contributed by atoms with van der Waals surface area (Å²) >= 11 is 2.27. The zero-order valence-electron chi connectivity index (χ0n) is 6.82. The molecule has 0 amide bonds. The fraction of sp³-hybridized carbons (Fsp3) is 1.00. The minimum Gasteiger partial charge on any atom is -0.377 e. The topological polar surface area (TPSA) is 21.3 Å². The van der Waals surface area contributed by atoms with Gasteiger partial charge >= 0.3 is 4.83 Å². The van der Waals surface area contributed by atoms with E-state index in [1.807, 2.05) is 6.92 Å². The highest BCUT2D eigenvalue weighted by molar-refractivity contribution is 9.10. The van der Waals surface area contributed by atoms with Gasteiger partial charge in [0.2, 0.25) is 0 Å². The lowest BCUT2D eigenvalue weighted by atomic mass is 10.1. The third-order valence-electron chi connectivity index (χ3n) is 1.94. The first kappa shape index (κ1) is 10.3. The van der Waals surface area contributed by atoms with Gasteiger partial charge in [-0.15, -0.1) is 0 Å². The van der Waals surface area contributed by atoms with Crippen molar-refractivity contribution in [2.75, 3.05) is 13.2 Å². The first-order chi connectivity index (χ1) is 5.49. The van der Waals surface area contributed by atoms with Crippen molar-refractivity contribution in [2.45, 2.75) is 30.3 Å². The van der Waals surface area contributed by atoms with E-state index >= 15 is 0 Å². The summed E-state index contributed by atoms with van der Waals surface area (Å²) in [5, 5.41) is 2.75. The van der Waals surface area contributed by atoms with E-state index in [-0.39, 0.29) is 18.7 Å². The van der Waals surface area contributed by atoms with Crippen molar-refractivity contribution in [3.05, 3.63) is 0 Å². The summed E-state index contributed by atoms with van der Waals surface area (Å²) in [6, 6.07) is 0.0634. The van der Waals surface area contributed by atoms with E-state index in [4.69, 9.17) is 4.74 Å². The van der Waals surface area contributed by atoms with Crippen LogP contribution in [0.25, 0.3) is 0 Å². The van der Waals surface area contributed by atoms with Crippen molar-refractivity contribution in [1.82, 2.24) is 5.32 Å². The van der Waals surface area contributed by atoms with E-state index in [9.17, 15) is 8.78 Å². The quantitative estimate of drug-likeness (QED) is 0.763. The van der Waals surface area contributed by atoms with Crippen molar-refractivity contribution >= 4 is 15.9 Å². The number of halogens is 3. The fourth-order valence-corrected chi connectivity index (χ4v) is 1.41. The minimum absolute atomic E-state index is 0.0415. The molecule has 1 saturated heterocycles. The minimum atomic E-state index is -2.81. The molecule has 1 heterocycles. The second-order valence-corrected chi connectivity index (χ2v) is 4.13. The van der Waals surface area contributed by atoms with Crippen LogP contribution in [0.5, 0.6) is 0 Å². The van der Waals surface area contributed by atoms with Gasteiger partial charge in [0.15, 0.2) is 0 Å². The summed E-state index contributed by atoms with van der Waals surface area (Å²) in [5.74, 6) is 0. The molecule has 0 bridgehead atoms. The summed E-state index contributed by atoms with van der Waals surface area (Å²) in [5.41, 5.74) is 0. The molecule has 0 saturated carbocycles. The SMILES string of the molecule is CC1OCCC1NCC(F)(F)Br. The zero-order chi connectivity index (χ0) is 9.19. The fourth-order valence-electron chi connectivity index (χ4n) is 1.25. The molecule has 1 rings (SSSR count). The van der Waals surface area contributed by atoms with Gasteiger partial charge in [-0.2, -0.15) is 8.78 Å². The molecule has 0 radical (unpaired) electrons. The summed E-state index contributed by atoms with van der Waals surface area (Å²) in [7, 11) is 0. The molecule has 2 atom stereocenters. The molecule has 0 aliphatic carbocycles. The second kappa shape index (κ2) is 3.98. The molecule has 0 aromatic heterocycles. The van der Waals surface area contributed by atoms with E-state index in [1.54, 1.807) is 0 Å². The maximum atomic E-state index is 12.3. The Balaban J connectivity index is 2.23. The molecule has 5 heteroatoms. The van der Waals surface area contributed by atoms with E-state index < -0.39 is 4.83 Å². The Kier molecular flexibility index (Phi) is 3.43. The number of ether oxygens (including phenoxy) is 1. The van der Waals surface area contributed by atoms with Gasteiger partial charge in [0.05, 0.1) is 12.6 Å². The molecule has 1 N–H and O–H groups in total. The van der Waals surface area contributed by atoms with E-state index in [1.165, 1.54) is 0 Å². The summed E-state index contributed by atoms with van der Waals surface area (Å²) < 4.78 is 29.8. The van der Waals surface area contributed by atoms with Crippen molar-refractivity contribution in [3.63, 3.8) is 0 Å². The van der Waals surface area contributed by atoms with E-state index in [2.05, 4.69) is 21.2 Å². The Hall–Kier alpha value is 0.260. The predicted molar refractivity (Wildman–Crippen MR) is 45.7 cm³/mol. The van der Waals surface area contributed by atoms with E-state index in [0.29, 0.717) is 6.61 Å². The summed E-state index contributed by atoms with van der Waals surface area (Å²) in [4.78, 5) is -2.81. The maximum Gasteiger partial charge on any atom is 0.313 e. The highest BCUT2D eigenvalue weighted by atomic mass is 79.9. The van der Waals surface area contributed by atoms with E-state index in [0.717, 1.165) is 6.42 Å². The molecular weight excluding hydrogens is 232 g/mol. The first-order valence-corrected chi connectivity index (χ1v) is 4.70. The predicted octanol–water partition coefficient (Wildman–Crippen LogP) is 1.74. The lowest BCUT2D eigenvalue weighted by Gasteiger charge is -2.17. The first-order valence-electron chi connectivity index (χ1n) is 3.91. The molecule has 1 aliphatic heterocycles. The molecule has 12 heavy (non-hydrogen) atoms. The number of nitrogens with one attached hydrogen (secondary N) is 1. The highest BCUT2D eigenvalue weighted by Crippen LogP contribution is 2.21. The lowest BCUT2D eigenvalue weighted by Crippen LogP contribution is -2.40. The van der Waals surface area contributed by atoms with Crippen molar-refractivity contribution in [2.24, 2.45) is 0 Å². The van der Waals surface area contributed by atoms with Crippen LogP contribution in [0.4, 0.5) is 8.78 Å². The van der Waals surface area contributed by atoms with Crippen molar-refractivity contribution in [3.8, 4) is 0 Å². The van der Waals surface area contributed by atoms with Gasteiger partial charge in [0, 0.05) is 12.6 Å². The maximum absolute atomic E-state index is 12.3. The third kappa shape index (κ3) is 3.33. The van der Waals surface area contributed by atoms with Crippen LogP contribution in [0, 0.1) is 0 Å². The van der Waals surface area contributed by atoms with Gasteiger partial charge in [0.1, 0.15) is 0 Å². The van der Waals surface area contributed by atoms with Gasteiger partial charge in [0.25, 0.3) is 0 Å². The number of hydrogen-bond donors (Lipinski definition) is 1. The molecule has 72 valence electrons. The Labute approximate surface area is 78.8 Å². The Morgan fingerprint density at radius 3 is 2.75 bits per heavy atom. The summed E-state index contributed by atoms with van der Waals surface area (Å²) in [6.45, 7) is 2.20. The number of hydrogen-bond acceptors (Lipinski definition) is 2. The number of alkyl halides is 3. The highest BCUT2D eigenvalue weighted by Gasteiger charge is 2.29. The van der Waals surface area contributed by atoms with Gasteiger partial charge in [-0.3, -0.25) is 0 Å². The summed E-state index contributed by atoms with van der Waals surface area (Å²) in [6.07, 6.45) is 0.851. The van der Waals surface area contributed by atoms with Crippen LogP contribution in [0.15, 0.2) is 0 Å². The zero-order valence-corrected chi connectivity index (χ0v) is 8.40. The van der Waals surface area contributed by atoms with Crippen molar-refractivity contribution < 1.29 is 13.5 Å². The molecule has 2 unspecified atom stereocenters.